The highest BCUT2D eigenvalue weighted by molar-refractivity contribution is 5.88. The standard InChI is InChI=1S/C16H24N2O3/c1-12-4-3-7-16(8-12,11-19)18-10-14-6-5-13(9-17-14)15(20)21-2/h5-6,9,12,18-19H,3-4,7-8,10-11H2,1-2H3. The quantitative estimate of drug-likeness (QED) is 0.811. The monoisotopic (exact) mass is 292 g/mol. The zero-order valence-electron chi connectivity index (χ0n) is 12.8. The van der Waals surface area contributed by atoms with Gasteiger partial charge < -0.3 is 15.2 Å². The second kappa shape index (κ2) is 7.00. The molecule has 0 aliphatic heterocycles. The molecule has 0 aromatic carbocycles. The largest absolute Gasteiger partial charge is 0.465 e. The lowest BCUT2D eigenvalue weighted by atomic mass is 9.77. The van der Waals surface area contributed by atoms with E-state index in [0.717, 1.165) is 25.0 Å². The van der Waals surface area contributed by atoms with Gasteiger partial charge in [0.25, 0.3) is 0 Å². The number of rotatable bonds is 5. The fraction of sp³-hybridized carbons (Fsp3) is 0.625. The molecular weight excluding hydrogens is 268 g/mol. The predicted molar refractivity (Wildman–Crippen MR) is 79.9 cm³/mol. The average molecular weight is 292 g/mol. The van der Waals surface area contributed by atoms with E-state index >= 15 is 0 Å². The third kappa shape index (κ3) is 4.02. The molecule has 1 saturated carbocycles. The van der Waals surface area contributed by atoms with E-state index in [9.17, 15) is 9.90 Å². The number of pyridine rings is 1. The number of nitrogens with one attached hydrogen (secondary N) is 1. The molecule has 0 radical (unpaired) electrons. The smallest absolute Gasteiger partial charge is 0.339 e. The van der Waals surface area contributed by atoms with Crippen LogP contribution in [-0.4, -0.2) is 35.3 Å². The Kier molecular flexibility index (Phi) is 5.31. The third-order valence-corrected chi connectivity index (χ3v) is 4.28. The fourth-order valence-corrected chi connectivity index (χ4v) is 3.07. The summed E-state index contributed by atoms with van der Waals surface area (Å²) < 4.78 is 4.65. The predicted octanol–water partition coefficient (Wildman–Crippen LogP) is 1.90. The van der Waals surface area contributed by atoms with E-state index in [4.69, 9.17) is 0 Å². The topological polar surface area (TPSA) is 71.5 Å². The molecule has 0 saturated heterocycles. The first kappa shape index (κ1) is 15.9. The molecule has 1 heterocycles. The van der Waals surface area contributed by atoms with Crippen LogP contribution < -0.4 is 5.32 Å². The van der Waals surface area contributed by atoms with Crippen molar-refractivity contribution >= 4 is 5.97 Å². The Labute approximate surface area is 125 Å². The lowest BCUT2D eigenvalue weighted by molar-refractivity contribution is 0.0600. The number of hydrogen-bond donors (Lipinski definition) is 2. The van der Waals surface area contributed by atoms with Crippen LogP contribution in [-0.2, 0) is 11.3 Å². The number of nitrogens with zero attached hydrogens (tertiary/aromatic N) is 1. The Morgan fingerprint density at radius 3 is 2.95 bits per heavy atom. The zero-order valence-corrected chi connectivity index (χ0v) is 12.8. The molecular formula is C16H24N2O3. The molecule has 2 atom stereocenters. The van der Waals surface area contributed by atoms with Crippen LogP contribution in [0.3, 0.4) is 0 Å². The number of ether oxygens (including phenoxy) is 1. The van der Waals surface area contributed by atoms with Gasteiger partial charge >= 0.3 is 5.97 Å². The molecule has 21 heavy (non-hydrogen) atoms. The molecule has 0 bridgehead atoms. The van der Waals surface area contributed by atoms with Crippen molar-refractivity contribution in [1.82, 2.24) is 10.3 Å². The van der Waals surface area contributed by atoms with Gasteiger partial charge in [0.05, 0.1) is 25.0 Å². The van der Waals surface area contributed by atoms with Crippen molar-refractivity contribution in [2.24, 2.45) is 5.92 Å². The summed E-state index contributed by atoms with van der Waals surface area (Å²) in [6.07, 6.45) is 5.88. The number of esters is 1. The molecule has 116 valence electrons. The van der Waals surface area contributed by atoms with Crippen LogP contribution in [0.1, 0.15) is 48.7 Å². The van der Waals surface area contributed by atoms with Crippen LogP contribution in [0.2, 0.25) is 0 Å². The summed E-state index contributed by atoms with van der Waals surface area (Å²) >= 11 is 0. The molecule has 2 N–H and O–H groups in total. The van der Waals surface area contributed by atoms with Crippen molar-refractivity contribution in [3.63, 3.8) is 0 Å². The molecule has 5 nitrogen and oxygen atoms in total. The van der Waals surface area contributed by atoms with Crippen molar-refractivity contribution in [2.45, 2.75) is 44.7 Å². The molecule has 2 rings (SSSR count). The van der Waals surface area contributed by atoms with Crippen molar-refractivity contribution in [1.29, 1.82) is 0 Å². The Hall–Kier alpha value is -1.46. The van der Waals surface area contributed by atoms with Crippen molar-refractivity contribution in [3.05, 3.63) is 29.6 Å². The average Bonchev–Trinajstić information content (AvgIpc) is 2.53. The summed E-state index contributed by atoms with van der Waals surface area (Å²) in [4.78, 5) is 15.6. The maximum Gasteiger partial charge on any atom is 0.339 e. The summed E-state index contributed by atoms with van der Waals surface area (Å²) in [7, 11) is 1.35. The molecule has 2 unspecified atom stereocenters. The summed E-state index contributed by atoms with van der Waals surface area (Å²) in [5.74, 6) is 0.253. The molecule has 0 amide bonds. The number of aromatic nitrogens is 1. The zero-order chi connectivity index (χ0) is 15.3. The first-order chi connectivity index (χ1) is 10.1. The fourth-order valence-electron chi connectivity index (χ4n) is 3.07. The highest BCUT2D eigenvalue weighted by atomic mass is 16.5. The van der Waals surface area contributed by atoms with E-state index in [1.54, 1.807) is 6.07 Å². The van der Waals surface area contributed by atoms with E-state index < -0.39 is 0 Å². The summed E-state index contributed by atoms with van der Waals surface area (Å²) in [6, 6.07) is 3.53. The van der Waals surface area contributed by atoms with E-state index in [1.807, 2.05) is 6.07 Å². The Bertz CT molecular complexity index is 475. The summed E-state index contributed by atoms with van der Waals surface area (Å²) in [5.41, 5.74) is 1.11. The third-order valence-electron chi connectivity index (χ3n) is 4.28. The minimum absolute atomic E-state index is 0.150. The number of carbonyl (C=O) groups excluding carboxylic acids is 1. The maximum atomic E-state index is 11.4. The Morgan fingerprint density at radius 1 is 1.57 bits per heavy atom. The van der Waals surface area contributed by atoms with Crippen LogP contribution in [0, 0.1) is 5.92 Å². The number of hydrogen-bond acceptors (Lipinski definition) is 5. The normalized spacial score (nSPS) is 25.6. The Morgan fingerprint density at radius 2 is 2.38 bits per heavy atom. The lowest BCUT2D eigenvalue weighted by Gasteiger charge is -2.39. The van der Waals surface area contributed by atoms with Gasteiger partial charge in [0.15, 0.2) is 0 Å². The van der Waals surface area contributed by atoms with Crippen LogP contribution in [0.25, 0.3) is 0 Å². The Balaban J connectivity index is 1.96. The van der Waals surface area contributed by atoms with Gasteiger partial charge in [-0.15, -0.1) is 0 Å². The molecule has 1 aromatic rings. The van der Waals surface area contributed by atoms with Gasteiger partial charge in [-0.3, -0.25) is 4.98 Å². The van der Waals surface area contributed by atoms with Crippen molar-refractivity contribution in [2.75, 3.05) is 13.7 Å². The SMILES string of the molecule is COC(=O)c1ccc(CNC2(CO)CCCC(C)C2)nc1. The maximum absolute atomic E-state index is 11.4. The van der Waals surface area contributed by atoms with E-state index in [0.29, 0.717) is 18.0 Å². The number of aliphatic hydroxyl groups excluding tert-OH is 1. The van der Waals surface area contributed by atoms with Crippen LogP contribution in [0.15, 0.2) is 18.3 Å². The number of methoxy groups -OCH3 is 1. The molecule has 1 aliphatic carbocycles. The van der Waals surface area contributed by atoms with E-state index in [1.165, 1.54) is 19.7 Å². The molecule has 0 spiro atoms. The van der Waals surface area contributed by atoms with Gasteiger partial charge in [-0.1, -0.05) is 19.8 Å². The second-order valence-corrected chi connectivity index (χ2v) is 6.02. The van der Waals surface area contributed by atoms with Crippen LogP contribution >= 0.6 is 0 Å². The molecule has 5 heteroatoms. The molecule has 1 fully saturated rings. The second-order valence-electron chi connectivity index (χ2n) is 6.02. The first-order valence-electron chi connectivity index (χ1n) is 7.48. The van der Waals surface area contributed by atoms with Gasteiger partial charge in [0.2, 0.25) is 0 Å². The minimum atomic E-state index is -0.380. The lowest BCUT2D eigenvalue weighted by Crippen LogP contribution is -2.51. The van der Waals surface area contributed by atoms with E-state index in [-0.39, 0.29) is 18.1 Å². The van der Waals surface area contributed by atoms with Gasteiger partial charge in [-0.05, 0) is 30.9 Å². The summed E-state index contributed by atoms with van der Waals surface area (Å²) in [5, 5.41) is 13.2. The van der Waals surface area contributed by atoms with Crippen LogP contribution in [0.4, 0.5) is 0 Å². The van der Waals surface area contributed by atoms with Crippen molar-refractivity contribution < 1.29 is 14.6 Å². The molecule has 1 aliphatic rings. The van der Waals surface area contributed by atoms with Gasteiger partial charge in [-0.25, -0.2) is 4.79 Å². The molecule has 1 aromatic heterocycles. The highest BCUT2D eigenvalue weighted by Gasteiger charge is 2.33. The van der Waals surface area contributed by atoms with Gasteiger partial charge in [0.1, 0.15) is 0 Å². The first-order valence-corrected chi connectivity index (χ1v) is 7.48. The highest BCUT2D eigenvalue weighted by Crippen LogP contribution is 2.32. The van der Waals surface area contributed by atoms with Crippen LogP contribution in [0.5, 0.6) is 0 Å². The van der Waals surface area contributed by atoms with E-state index in [2.05, 4.69) is 22.0 Å². The number of carbonyl (C=O) groups is 1. The van der Waals surface area contributed by atoms with Gasteiger partial charge in [-0.2, -0.15) is 0 Å². The summed E-state index contributed by atoms with van der Waals surface area (Å²) in [6.45, 7) is 2.97. The van der Waals surface area contributed by atoms with Gasteiger partial charge in [0, 0.05) is 18.3 Å². The minimum Gasteiger partial charge on any atom is -0.465 e. The van der Waals surface area contributed by atoms with Crippen molar-refractivity contribution in [3.8, 4) is 0 Å². The number of aliphatic hydroxyl groups is 1.